The molecule has 0 saturated heterocycles. The summed E-state index contributed by atoms with van der Waals surface area (Å²) in [4.78, 5) is 4.47. The van der Waals surface area contributed by atoms with Gasteiger partial charge < -0.3 is 4.74 Å². The molecule has 14 heavy (non-hydrogen) atoms. The zero-order valence-electron chi connectivity index (χ0n) is 8.66. The highest BCUT2D eigenvalue weighted by molar-refractivity contribution is 5.83. The van der Waals surface area contributed by atoms with E-state index in [9.17, 15) is 0 Å². The number of methoxy groups -OCH3 is 1. The van der Waals surface area contributed by atoms with E-state index < -0.39 is 0 Å². The molecule has 0 saturated carbocycles. The second-order valence-corrected chi connectivity index (χ2v) is 3.46. The molecule has 2 heteroatoms. The fraction of sp³-hybridized carbons (Fsp3) is 0.250. The first-order chi connectivity index (χ1) is 6.70. The van der Waals surface area contributed by atoms with E-state index in [2.05, 4.69) is 24.0 Å². The first-order valence-electron chi connectivity index (χ1n) is 4.62. The number of hydrogen-bond acceptors (Lipinski definition) is 2. The van der Waals surface area contributed by atoms with Gasteiger partial charge in [-0.05, 0) is 37.6 Å². The summed E-state index contributed by atoms with van der Waals surface area (Å²) in [6, 6.07) is 8.08. The molecule has 0 atom stereocenters. The van der Waals surface area contributed by atoms with E-state index in [0.29, 0.717) is 0 Å². The molecule has 2 nitrogen and oxygen atoms in total. The third-order valence-electron chi connectivity index (χ3n) is 2.35. The molecule has 0 bridgehead atoms. The van der Waals surface area contributed by atoms with Crippen molar-refractivity contribution in [3.8, 4) is 5.75 Å². The van der Waals surface area contributed by atoms with Gasteiger partial charge in [0, 0.05) is 17.1 Å². The molecule has 2 aromatic rings. The number of fused-ring (bicyclic) bond motifs is 1. The van der Waals surface area contributed by atoms with Crippen molar-refractivity contribution >= 4 is 10.9 Å². The molecule has 0 fully saturated rings. The second-order valence-electron chi connectivity index (χ2n) is 3.46. The Morgan fingerprint density at radius 3 is 2.64 bits per heavy atom. The molecule has 1 aromatic heterocycles. The van der Waals surface area contributed by atoms with Gasteiger partial charge in [0.1, 0.15) is 5.75 Å². The maximum Gasteiger partial charge on any atom is 0.121 e. The van der Waals surface area contributed by atoms with Gasteiger partial charge >= 0.3 is 0 Å². The Balaban J connectivity index is 2.75. The summed E-state index contributed by atoms with van der Waals surface area (Å²) >= 11 is 0. The van der Waals surface area contributed by atoms with Crippen molar-refractivity contribution in [1.82, 2.24) is 4.98 Å². The van der Waals surface area contributed by atoms with Gasteiger partial charge in [-0.3, -0.25) is 4.98 Å². The third-order valence-corrected chi connectivity index (χ3v) is 2.35. The van der Waals surface area contributed by atoms with Crippen LogP contribution in [0.5, 0.6) is 5.75 Å². The molecule has 72 valence electrons. The lowest BCUT2D eigenvalue weighted by atomic mass is 10.1. The average molecular weight is 187 g/mol. The maximum absolute atomic E-state index is 5.16. The van der Waals surface area contributed by atoms with Crippen molar-refractivity contribution in [2.45, 2.75) is 13.8 Å². The van der Waals surface area contributed by atoms with Crippen LogP contribution >= 0.6 is 0 Å². The van der Waals surface area contributed by atoms with E-state index in [1.165, 1.54) is 10.9 Å². The predicted octanol–water partition coefficient (Wildman–Crippen LogP) is 2.86. The van der Waals surface area contributed by atoms with Crippen LogP contribution in [0, 0.1) is 13.8 Å². The number of nitrogens with zero attached hydrogens (tertiary/aromatic N) is 1. The Hall–Kier alpha value is -1.57. The Morgan fingerprint density at radius 2 is 1.93 bits per heavy atom. The highest BCUT2D eigenvalue weighted by Gasteiger charge is 2.01. The molecule has 0 amide bonds. The normalized spacial score (nSPS) is 10.5. The molecule has 0 aliphatic heterocycles. The highest BCUT2D eigenvalue weighted by atomic mass is 16.5. The van der Waals surface area contributed by atoms with Crippen LogP contribution in [0.3, 0.4) is 0 Å². The molecular formula is C12H13NO. The zero-order valence-corrected chi connectivity index (χ0v) is 8.66. The minimum atomic E-state index is 0.856. The lowest BCUT2D eigenvalue weighted by molar-refractivity contribution is 0.415. The van der Waals surface area contributed by atoms with Gasteiger partial charge in [-0.2, -0.15) is 0 Å². The quantitative estimate of drug-likeness (QED) is 0.684. The third kappa shape index (κ3) is 1.43. The van der Waals surface area contributed by atoms with Gasteiger partial charge in [-0.25, -0.2) is 0 Å². The van der Waals surface area contributed by atoms with E-state index in [-0.39, 0.29) is 0 Å². The molecular weight excluding hydrogens is 174 g/mol. The van der Waals surface area contributed by atoms with Crippen molar-refractivity contribution in [3.05, 3.63) is 35.5 Å². The van der Waals surface area contributed by atoms with Crippen LogP contribution in [0.1, 0.15) is 11.3 Å². The van der Waals surface area contributed by atoms with Crippen LogP contribution in [0.25, 0.3) is 10.9 Å². The molecule has 0 aliphatic rings. The second kappa shape index (κ2) is 3.29. The number of ether oxygens (including phenoxy) is 1. The minimum Gasteiger partial charge on any atom is -0.497 e. The molecule has 1 heterocycles. The predicted molar refractivity (Wildman–Crippen MR) is 57.8 cm³/mol. The summed E-state index contributed by atoms with van der Waals surface area (Å²) in [5.41, 5.74) is 3.31. The Labute approximate surface area is 83.5 Å². The Morgan fingerprint density at radius 1 is 1.14 bits per heavy atom. The summed E-state index contributed by atoms with van der Waals surface area (Å²) in [7, 11) is 1.67. The van der Waals surface area contributed by atoms with Crippen molar-refractivity contribution < 1.29 is 4.74 Å². The lowest BCUT2D eigenvalue weighted by Gasteiger charge is -2.05. The van der Waals surface area contributed by atoms with E-state index in [1.54, 1.807) is 7.11 Å². The lowest BCUT2D eigenvalue weighted by Crippen LogP contribution is -1.89. The number of aryl methyl sites for hydroxylation is 2. The van der Waals surface area contributed by atoms with Gasteiger partial charge in [-0.1, -0.05) is 0 Å². The molecule has 0 unspecified atom stereocenters. The highest BCUT2D eigenvalue weighted by Crippen LogP contribution is 2.22. The van der Waals surface area contributed by atoms with Gasteiger partial charge in [0.15, 0.2) is 0 Å². The largest absolute Gasteiger partial charge is 0.497 e. The van der Waals surface area contributed by atoms with E-state index in [4.69, 9.17) is 4.74 Å². The molecule has 1 aromatic carbocycles. The molecule has 0 aliphatic carbocycles. The summed E-state index contributed by atoms with van der Waals surface area (Å²) < 4.78 is 5.16. The molecule has 0 spiro atoms. The van der Waals surface area contributed by atoms with Crippen LogP contribution in [-0.4, -0.2) is 12.1 Å². The first kappa shape index (κ1) is 9.00. The summed E-state index contributed by atoms with van der Waals surface area (Å²) in [5, 5.41) is 1.19. The molecule has 0 N–H and O–H groups in total. The number of benzene rings is 1. The van der Waals surface area contributed by atoms with Gasteiger partial charge in [-0.15, -0.1) is 0 Å². The fourth-order valence-corrected chi connectivity index (χ4v) is 1.68. The Bertz CT molecular complexity index is 477. The maximum atomic E-state index is 5.16. The summed E-state index contributed by atoms with van der Waals surface area (Å²) in [5.74, 6) is 0.856. The number of rotatable bonds is 1. The Kier molecular flexibility index (Phi) is 2.12. The fourth-order valence-electron chi connectivity index (χ4n) is 1.68. The monoisotopic (exact) mass is 187 g/mol. The summed E-state index contributed by atoms with van der Waals surface area (Å²) in [6.07, 6.45) is 0. The number of hydrogen-bond donors (Lipinski definition) is 0. The van der Waals surface area contributed by atoms with Gasteiger partial charge in [0.05, 0.1) is 12.6 Å². The van der Waals surface area contributed by atoms with Crippen LogP contribution in [0.15, 0.2) is 24.3 Å². The topological polar surface area (TPSA) is 22.1 Å². The molecule has 2 rings (SSSR count). The van der Waals surface area contributed by atoms with E-state index >= 15 is 0 Å². The smallest absolute Gasteiger partial charge is 0.121 e. The van der Waals surface area contributed by atoms with Crippen LogP contribution in [-0.2, 0) is 0 Å². The van der Waals surface area contributed by atoms with Gasteiger partial charge in [0.25, 0.3) is 0 Å². The van der Waals surface area contributed by atoms with E-state index in [0.717, 1.165) is 17.0 Å². The SMILES string of the molecule is COc1ccc2c(C)cc(C)nc2c1. The molecule has 0 radical (unpaired) electrons. The van der Waals surface area contributed by atoms with Crippen LogP contribution < -0.4 is 4.74 Å². The zero-order chi connectivity index (χ0) is 10.1. The van der Waals surface area contributed by atoms with Crippen molar-refractivity contribution in [3.63, 3.8) is 0 Å². The summed E-state index contributed by atoms with van der Waals surface area (Å²) in [6.45, 7) is 4.11. The van der Waals surface area contributed by atoms with Crippen molar-refractivity contribution in [2.24, 2.45) is 0 Å². The van der Waals surface area contributed by atoms with Crippen LogP contribution in [0.4, 0.5) is 0 Å². The van der Waals surface area contributed by atoms with Crippen LogP contribution in [0.2, 0.25) is 0 Å². The van der Waals surface area contributed by atoms with Gasteiger partial charge in [0.2, 0.25) is 0 Å². The average Bonchev–Trinajstić information content (AvgIpc) is 2.16. The minimum absolute atomic E-state index is 0.856. The standard InChI is InChI=1S/C12H13NO/c1-8-6-9(2)13-12-7-10(14-3)4-5-11(8)12/h4-7H,1-3H3. The van der Waals surface area contributed by atoms with Crippen molar-refractivity contribution in [1.29, 1.82) is 0 Å². The van der Waals surface area contributed by atoms with E-state index in [1.807, 2.05) is 19.1 Å². The number of aromatic nitrogens is 1. The number of pyridine rings is 1. The van der Waals surface area contributed by atoms with Crippen molar-refractivity contribution in [2.75, 3.05) is 7.11 Å². The first-order valence-corrected chi connectivity index (χ1v) is 4.62.